The molecule has 0 aromatic heterocycles. The van der Waals surface area contributed by atoms with Crippen molar-refractivity contribution in [1.82, 2.24) is 0 Å². The second kappa shape index (κ2) is 5.18. The van der Waals surface area contributed by atoms with Crippen molar-refractivity contribution in [3.8, 4) is 5.75 Å². The molecule has 0 atom stereocenters. The summed E-state index contributed by atoms with van der Waals surface area (Å²) >= 11 is 0. The quantitative estimate of drug-likeness (QED) is 0.864. The molecule has 1 aliphatic heterocycles. The van der Waals surface area contributed by atoms with E-state index in [4.69, 9.17) is 10.5 Å². The number of Topliss-reactive ketones (excluding diaryl/α,β-unsaturated/α-hetero) is 1. The summed E-state index contributed by atoms with van der Waals surface area (Å²) in [5, 5.41) is 0. The Bertz CT molecular complexity index is 485. The van der Waals surface area contributed by atoms with Crippen LogP contribution in [0.1, 0.15) is 23.7 Å². The van der Waals surface area contributed by atoms with Crippen LogP contribution in [0.5, 0.6) is 5.75 Å². The van der Waals surface area contributed by atoms with Crippen molar-refractivity contribution in [3.63, 3.8) is 0 Å². The summed E-state index contributed by atoms with van der Waals surface area (Å²) in [5.74, 6) is 0.507. The number of ketones is 1. The van der Waals surface area contributed by atoms with Gasteiger partial charge in [0.15, 0.2) is 5.78 Å². The molecule has 0 saturated carbocycles. The molecule has 0 fully saturated rings. The predicted molar refractivity (Wildman–Crippen MR) is 68.0 cm³/mol. The molecule has 1 heterocycles. The highest BCUT2D eigenvalue weighted by molar-refractivity contribution is 6.09. The summed E-state index contributed by atoms with van der Waals surface area (Å²) in [6.45, 7) is 2.76. The van der Waals surface area contributed by atoms with Crippen molar-refractivity contribution in [1.29, 1.82) is 0 Å². The van der Waals surface area contributed by atoms with Gasteiger partial charge >= 0.3 is 0 Å². The predicted octanol–water partition coefficient (Wildman–Crippen LogP) is 0.963. The van der Waals surface area contributed by atoms with Crippen molar-refractivity contribution in [2.45, 2.75) is 13.3 Å². The first-order valence-corrected chi connectivity index (χ1v) is 5.97. The number of fused-ring (bicyclic) bond motifs is 1. The molecule has 2 rings (SSSR count). The summed E-state index contributed by atoms with van der Waals surface area (Å²) in [5.41, 5.74) is 6.54. The molecule has 0 bridgehead atoms. The molecule has 0 aliphatic carbocycles. The number of ether oxygens (including phenoxy) is 1. The van der Waals surface area contributed by atoms with Gasteiger partial charge in [-0.1, -0.05) is 0 Å². The zero-order valence-corrected chi connectivity index (χ0v) is 10.3. The van der Waals surface area contributed by atoms with Crippen molar-refractivity contribution in [2.24, 2.45) is 5.73 Å². The topological polar surface area (TPSA) is 72.6 Å². The molecule has 18 heavy (non-hydrogen) atoms. The van der Waals surface area contributed by atoms with Gasteiger partial charge in [0.25, 0.3) is 0 Å². The number of hydrogen-bond donors (Lipinski definition) is 1. The Morgan fingerprint density at radius 2 is 2.28 bits per heavy atom. The highest BCUT2D eigenvalue weighted by atomic mass is 16.5. The van der Waals surface area contributed by atoms with Gasteiger partial charge in [0.1, 0.15) is 5.75 Å². The fourth-order valence-electron chi connectivity index (χ4n) is 2.07. The van der Waals surface area contributed by atoms with E-state index >= 15 is 0 Å². The Morgan fingerprint density at radius 3 is 2.94 bits per heavy atom. The van der Waals surface area contributed by atoms with Crippen molar-refractivity contribution >= 4 is 17.4 Å². The van der Waals surface area contributed by atoms with Crippen LogP contribution >= 0.6 is 0 Å². The van der Waals surface area contributed by atoms with Gasteiger partial charge < -0.3 is 15.4 Å². The number of anilines is 1. The van der Waals surface area contributed by atoms with Crippen LogP contribution < -0.4 is 15.4 Å². The van der Waals surface area contributed by atoms with Crippen LogP contribution in [-0.4, -0.2) is 31.4 Å². The smallest absolute Gasteiger partial charge is 0.240 e. The highest BCUT2D eigenvalue weighted by Crippen LogP contribution is 2.30. The second-order valence-corrected chi connectivity index (χ2v) is 4.03. The second-order valence-electron chi connectivity index (χ2n) is 4.03. The number of carbonyl (C=O) groups excluding carboxylic acids is 2. The molecular formula is C13H16N2O3. The van der Waals surface area contributed by atoms with Crippen LogP contribution in [0, 0.1) is 0 Å². The molecule has 0 radical (unpaired) electrons. The number of nitrogens with zero attached hydrogens (tertiary/aromatic N) is 1. The van der Waals surface area contributed by atoms with E-state index in [1.54, 1.807) is 23.1 Å². The molecule has 1 aromatic rings. The minimum absolute atomic E-state index is 0.0348. The lowest BCUT2D eigenvalue weighted by Crippen LogP contribution is -2.40. The molecule has 96 valence electrons. The van der Waals surface area contributed by atoms with Gasteiger partial charge in [-0.15, -0.1) is 0 Å². The Balaban J connectivity index is 2.40. The van der Waals surface area contributed by atoms with Crippen LogP contribution in [0.2, 0.25) is 0 Å². The van der Waals surface area contributed by atoms with Crippen LogP contribution in [0.4, 0.5) is 5.69 Å². The molecule has 1 aromatic carbocycles. The first kappa shape index (κ1) is 12.6. The zero-order valence-electron chi connectivity index (χ0n) is 10.3. The number of carbonyl (C=O) groups is 2. The van der Waals surface area contributed by atoms with Gasteiger partial charge in [-0.2, -0.15) is 0 Å². The van der Waals surface area contributed by atoms with Crippen molar-refractivity contribution in [3.05, 3.63) is 23.8 Å². The molecular weight excluding hydrogens is 232 g/mol. The number of nitrogens with two attached hydrogens (primary N) is 1. The molecule has 0 saturated heterocycles. The van der Waals surface area contributed by atoms with E-state index in [0.29, 0.717) is 36.6 Å². The number of hydrogen-bond acceptors (Lipinski definition) is 4. The standard InChI is InChI=1S/C13H16N2O3/c1-2-18-9-3-4-11-10(7-9)12(16)5-6-15(11)13(17)8-14/h3-4,7H,2,5-6,8,14H2,1H3. The number of benzene rings is 1. The van der Waals surface area contributed by atoms with Crippen LogP contribution in [-0.2, 0) is 4.79 Å². The van der Waals surface area contributed by atoms with Gasteiger partial charge in [-0.05, 0) is 25.1 Å². The maximum absolute atomic E-state index is 11.9. The Morgan fingerprint density at radius 1 is 1.50 bits per heavy atom. The van der Waals surface area contributed by atoms with Gasteiger partial charge in [0.2, 0.25) is 5.91 Å². The number of amides is 1. The zero-order chi connectivity index (χ0) is 13.1. The average Bonchev–Trinajstić information content (AvgIpc) is 2.39. The van der Waals surface area contributed by atoms with Crippen LogP contribution in [0.15, 0.2) is 18.2 Å². The van der Waals surface area contributed by atoms with E-state index in [2.05, 4.69) is 0 Å². The molecule has 5 nitrogen and oxygen atoms in total. The Labute approximate surface area is 106 Å². The van der Waals surface area contributed by atoms with E-state index in [0.717, 1.165) is 0 Å². The molecule has 0 unspecified atom stereocenters. The SMILES string of the molecule is CCOc1ccc2c(c1)C(=O)CCN2C(=O)CN. The number of rotatable bonds is 3. The van der Waals surface area contributed by atoms with Crippen molar-refractivity contribution < 1.29 is 14.3 Å². The van der Waals surface area contributed by atoms with Crippen molar-refractivity contribution in [2.75, 3.05) is 24.6 Å². The third-order valence-electron chi connectivity index (χ3n) is 2.91. The minimum Gasteiger partial charge on any atom is -0.494 e. The first-order chi connectivity index (χ1) is 8.67. The third-order valence-corrected chi connectivity index (χ3v) is 2.91. The fraction of sp³-hybridized carbons (Fsp3) is 0.385. The van der Waals surface area contributed by atoms with E-state index in [9.17, 15) is 9.59 Å². The van der Waals surface area contributed by atoms with Gasteiger partial charge in [-0.25, -0.2) is 0 Å². The molecule has 1 aliphatic rings. The maximum atomic E-state index is 11.9. The van der Waals surface area contributed by atoms with Crippen LogP contribution in [0.25, 0.3) is 0 Å². The highest BCUT2D eigenvalue weighted by Gasteiger charge is 2.26. The Hall–Kier alpha value is -1.88. The summed E-state index contributed by atoms with van der Waals surface area (Å²) < 4.78 is 5.36. The van der Waals surface area contributed by atoms with Gasteiger partial charge in [0, 0.05) is 18.5 Å². The minimum atomic E-state index is -0.173. The largest absolute Gasteiger partial charge is 0.494 e. The summed E-state index contributed by atoms with van der Waals surface area (Å²) in [6, 6.07) is 5.19. The molecule has 1 amide bonds. The van der Waals surface area contributed by atoms with Gasteiger partial charge in [0.05, 0.1) is 18.8 Å². The first-order valence-electron chi connectivity index (χ1n) is 5.97. The molecule has 5 heteroatoms. The normalized spacial score (nSPS) is 14.3. The van der Waals surface area contributed by atoms with E-state index in [1.807, 2.05) is 6.92 Å². The summed E-state index contributed by atoms with van der Waals surface area (Å²) in [7, 11) is 0. The lowest BCUT2D eigenvalue weighted by Gasteiger charge is -2.28. The van der Waals surface area contributed by atoms with E-state index < -0.39 is 0 Å². The van der Waals surface area contributed by atoms with Gasteiger partial charge in [-0.3, -0.25) is 9.59 Å². The monoisotopic (exact) mass is 248 g/mol. The lowest BCUT2D eigenvalue weighted by molar-refractivity contribution is -0.117. The summed E-state index contributed by atoms with van der Waals surface area (Å²) in [6.07, 6.45) is 0.328. The summed E-state index contributed by atoms with van der Waals surface area (Å²) in [4.78, 5) is 25.1. The average molecular weight is 248 g/mol. The van der Waals surface area contributed by atoms with E-state index in [-0.39, 0.29) is 18.2 Å². The Kier molecular flexibility index (Phi) is 3.62. The molecule has 0 spiro atoms. The maximum Gasteiger partial charge on any atom is 0.240 e. The van der Waals surface area contributed by atoms with E-state index in [1.165, 1.54) is 0 Å². The lowest BCUT2D eigenvalue weighted by atomic mass is 10.00. The fourth-order valence-corrected chi connectivity index (χ4v) is 2.07. The van der Waals surface area contributed by atoms with Crippen LogP contribution in [0.3, 0.4) is 0 Å². The molecule has 2 N–H and O–H groups in total. The third kappa shape index (κ3) is 2.22.